The Hall–Kier alpha value is -5.35. The zero-order chi connectivity index (χ0) is 30.9. The maximum absolute atomic E-state index is 14.0. The Balaban J connectivity index is 2.02. The third-order valence-electron chi connectivity index (χ3n) is 6.16. The molecule has 0 spiro atoms. The third kappa shape index (κ3) is 8.57. The van der Waals surface area contributed by atoms with E-state index in [9.17, 15) is 24.4 Å². The van der Waals surface area contributed by atoms with Gasteiger partial charge in [0.1, 0.15) is 24.2 Å². The molecule has 2 atom stereocenters. The number of nitrogens with one attached hydrogen (secondary N) is 2. The number of nitrogens with zero attached hydrogens (tertiary/aromatic N) is 2. The number of benzene rings is 3. The van der Waals surface area contributed by atoms with Crippen LogP contribution in [0.25, 0.3) is 10.8 Å². The summed E-state index contributed by atoms with van der Waals surface area (Å²) >= 11 is 0. The summed E-state index contributed by atoms with van der Waals surface area (Å²) in [5.74, 6) is 0.432. The van der Waals surface area contributed by atoms with Crippen molar-refractivity contribution < 1.29 is 23.9 Å². The van der Waals surface area contributed by atoms with Gasteiger partial charge in [-0.2, -0.15) is 5.26 Å². The van der Waals surface area contributed by atoms with Crippen LogP contribution in [-0.2, 0) is 19.1 Å². The second-order valence-electron chi connectivity index (χ2n) is 10.5. The summed E-state index contributed by atoms with van der Waals surface area (Å²) in [6.45, 7) is 4.46. The van der Waals surface area contributed by atoms with Gasteiger partial charge in [0.05, 0.1) is 6.07 Å². The number of carbonyl (C=O) groups excluding carboxylic acids is 4. The highest BCUT2D eigenvalue weighted by atomic mass is 16.6. The van der Waals surface area contributed by atoms with E-state index in [-0.39, 0.29) is 12.8 Å². The fourth-order valence-corrected chi connectivity index (χ4v) is 4.28. The summed E-state index contributed by atoms with van der Waals surface area (Å²) in [6.07, 6.45) is 4.18. The summed E-state index contributed by atoms with van der Waals surface area (Å²) in [4.78, 5) is 53.1. The number of hydrogen-bond acceptors (Lipinski definition) is 6. The molecule has 0 saturated carbocycles. The number of hydrogen-bond donors (Lipinski definition) is 3. The van der Waals surface area contributed by atoms with E-state index in [0.29, 0.717) is 16.8 Å². The molecular weight excluding hydrogens is 534 g/mol. The van der Waals surface area contributed by atoms with Crippen molar-refractivity contribution in [3.63, 3.8) is 0 Å². The number of nitriles is 1. The molecule has 0 aliphatic carbocycles. The second kappa shape index (κ2) is 13.8. The SMILES string of the molecule is C#Cc1ccc(C(C(=O)Nc2ccc3ccccc3c2)N(CC#N)C(=O)C(CCC(N)=O)NC(=O)OC(C)(C)C)cc1. The molecule has 216 valence electrons. The Morgan fingerprint density at radius 2 is 1.69 bits per heavy atom. The number of rotatable bonds is 10. The van der Waals surface area contributed by atoms with E-state index < -0.39 is 48.0 Å². The van der Waals surface area contributed by atoms with Crippen LogP contribution in [0.4, 0.5) is 10.5 Å². The molecule has 4 N–H and O–H groups in total. The second-order valence-corrected chi connectivity index (χ2v) is 10.5. The molecule has 0 bridgehead atoms. The first-order valence-electron chi connectivity index (χ1n) is 13.2. The van der Waals surface area contributed by atoms with Gasteiger partial charge in [-0.25, -0.2) is 4.79 Å². The van der Waals surface area contributed by atoms with Crippen LogP contribution < -0.4 is 16.4 Å². The summed E-state index contributed by atoms with van der Waals surface area (Å²) in [7, 11) is 0. The van der Waals surface area contributed by atoms with E-state index in [2.05, 4.69) is 16.6 Å². The van der Waals surface area contributed by atoms with Gasteiger partial charge in [0, 0.05) is 17.7 Å². The van der Waals surface area contributed by atoms with Gasteiger partial charge in [-0.05, 0) is 67.8 Å². The molecule has 3 aromatic carbocycles. The van der Waals surface area contributed by atoms with Crippen LogP contribution in [0.1, 0.15) is 50.8 Å². The van der Waals surface area contributed by atoms with Gasteiger partial charge in [0.25, 0.3) is 5.91 Å². The van der Waals surface area contributed by atoms with Crippen LogP contribution in [0.15, 0.2) is 66.7 Å². The van der Waals surface area contributed by atoms with Crippen molar-refractivity contribution in [3.05, 3.63) is 77.9 Å². The van der Waals surface area contributed by atoms with E-state index in [4.69, 9.17) is 16.9 Å². The predicted octanol–water partition coefficient (Wildman–Crippen LogP) is 4.01. The number of ether oxygens (including phenoxy) is 1. The molecule has 4 amide bonds. The van der Waals surface area contributed by atoms with Crippen molar-refractivity contribution in [1.82, 2.24) is 10.2 Å². The Bertz CT molecular complexity index is 1550. The largest absolute Gasteiger partial charge is 0.444 e. The quantitative estimate of drug-likeness (QED) is 0.248. The topological polar surface area (TPSA) is 155 Å². The Kier molecular flexibility index (Phi) is 10.3. The molecule has 0 saturated heterocycles. The van der Waals surface area contributed by atoms with Gasteiger partial charge in [-0.1, -0.05) is 48.4 Å². The fraction of sp³-hybridized carbons (Fsp3) is 0.281. The number of terminal acetylenes is 1. The summed E-state index contributed by atoms with van der Waals surface area (Å²) in [5.41, 5.74) is 5.86. The summed E-state index contributed by atoms with van der Waals surface area (Å²) < 4.78 is 5.30. The summed E-state index contributed by atoms with van der Waals surface area (Å²) in [5, 5.41) is 16.9. The smallest absolute Gasteiger partial charge is 0.408 e. The molecule has 2 unspecified atom stereocenters. The van der Waals surface area contributed by atoms with E-state index in [1.807, 2.05) is 36.4 Å². The van der Waals surface area contributed by atoms with Crippen molar-refractivity contribution >= 4 is 40.3 Å². The van der Waals surface area contributed by atoms with Crippen LogP contribution in [0.5, 0.6) is 0 Å². The molecule has 0 radical (unpaired) electrons. The van der Waals surface area contributed by atoms with Gasteiger partial charge in [0.2, 0.25) is 11.8 Å². The molecular formula is C32H33N5O5. The Morgan fingerprint density at radius 1 is 1.02 bits per heavy atom. The number of primary amides is 1. The molecule has 0 fully saturated rings. The van der Waals surface area contributed by atoms with Gasteiger partial charge >= 0.3 is 6.09 Å². The molecule has 0 aliphatic heterocycles. The lowest BCUT2D eigenvalue weighted by Gasteiger charge is -2.33. The zero-order valence-corrected chi connectivity index (χ0v) is 23.7. The van der Waals surface area contributed by atoms with Crippen LogP contribution >= 0.6 is 0 Å². The molecule has 0 aromatic heterocycles. The lowest BCUT2D eigenvalue weighted by Crippen LogP contribution is -2.52. The van der Waals surface area contributed by atoms with E-state index in [1.165, 1.54) is 0 Å². The number of carbonyl (C=O) groups is 4. The van der Waals surface area contributed by atoms with Crippen molar-refractivity contribution in [3.8, 4) is 18.4 Å². The van der Waals surface area contributed by atoms with Gasteiger partial charge in [-0.3, -0.25) is 14.4 Å². The van der Waals surface area contributed by atoms with Crippen molar-refractivity contribution in [1.29, 1.82) is 5.26 Å². The lowest BCUT2D eigenvalue weighted by molar-refractivity contribution is -0.140. The number of anilines is 1. The number of fused-ring (bicyclic) bond motifs is 1. The minimum absolute atomic E-state index is 0.176. The fourth-order valence-electron chi connectivity index (χ4n) is 4.28. The molecule has 3 rings (SSSR count). The van der Waals surface area contributed by atoms with Crippen LogP contribution in [0, 0.1) is 23.7 Å². The van der Waals surface area contributed by atoms with E-state index in [0.717, 1.165) is 15.7 Å². The van der Waals surface area contributed by atoms with Crippen molar-refractivity contribution in [2.45, 2.75) is 51.3 Å². The molecule has 0 heterocycles. The highest BCUT2D eigenvalue weighted by molar-refractivity contribution is 6.00. The molecule has 42 heavy (non-hydrogen) atoms. The van der Waals surface area contributed by atoms with Crippen LogP contribution in [0.3, 0.4) is 0 Å². The minimum atomic E-state index is -1.32. The first kappa shape index (κ1) is 31.2. The van der Waals surface area contributed by atoms with Gasteiger partial charge in [0.15, 0.2) is 0 Å². The normalized spacial score (nSPS) is 12.2. The molecule has 10 heteroatoms. The highest BCUT2D eigenvalue weighted by Gasteiger charge is 2.36. The predicted molar refractivity (Wildman–Crippen MR) is 159 cm³/mol. The van der Waals surface area contributed by atoms with Gasteiger partial charge < -0.3 is 26.0 Å². The summed E-state index contributed by atoms with van der Waals surface area (Å²) in [6, 6.07) is 18.7. The first-order chi connectivity index (χ1) is 19.9. The van der Waals surface area contributed by atoms with Crippen LogP contribution in [0.2, 0.25) is 0 Å². The molecule has 10 nitrogen and oxygen atoms in total. The standard InChI is InChI=1S/C32H33N5O5/c1-5-21-10-12-23(13-11-21)28(29(39)35-25-15-14-22-8-6-7-9-24(22)20-25)37(19-18-33)30(40)26(16-17-27(34)38)36-31(41)42-32(2,3)4/h1,6-15,20,26,28H,16-17,19H2,2-4H3,(H2,34,38)(H,35,39)(H,36,41). The maximum atomic E-state index is 14.0. The average molecular weight is 568 g/mol. The highest BCUT2D eigenvalue weighted by Crippen LogP contribution is 2.26. The van der Waals surface area contributed by atoms with E-state index in [1.54, 1.807) is 57.2 Å². The number of amides is 4. The van der Waals surface area contributed by atoms with Crippen molar-refractivity contribution in [2.75, 3.05) is 11.9 Å². The monoisotopic (exact) mass is 567 g/mol. The Morgan fingerprint density at radius 3 is 2.29 bits per heavy atom. The lowest BCUT2D eigenvalue weighted by atomic mass is 10.00. The molecule has 3 aromatic rings. The van der Waals surface area contributed by atoms with Gasteiger partial charge in [-0.15, -0.1) is 6.42 Å². The maximum Gasteiger partial charge on any atom is 0.408 e. The number of nitrogens with two attached hydrogens (primary N) is 1. The van der Waals surface area contributed by atoms with E-state index >= 15 is 0 Å². The molecule has 0 aliphatic rings. The number of alkyl carbamates (subject to hydrolysis) is 1. The van der Waals surface area contributed by atoms with Crippen molar-refractivity contribution in [2.24, 2.45) is 5.73 Å². The first-order valence-corrected chi connectivity index (χ1v) is 13.2. The zero-order valence-electron chi connectivity index (χ0n) is 23.7. The third-order valence-corrected chi connectivity index (χ3v) is 6.16. The minimum Gasteiger partial charge on any atom is -0.444 e. The Labute approximate surface area is 244 Å². The average Bonchev–Trinajstić information content (AvgIpc) is 2.94. The van der Waals surface area contributed by atoms with Crippen LogP contribution in [-0.4, -0.2) is 46.9 Å².